The summed E-state index contributed by atoms with van der Waals surface area (Å²) >= 11 is 7.25. The third kappa shape index (κ3) is 7.16. The minimum atomic E-state index is -0.968. The van der Waals surface area contributed by atoms with Crippen molar-refractivity contribution >= 4 is 47.6 Å². The van der Waals surface area contributed by atoms with E-state index in [9.17, 15) is 23.6 Å². The summed E-state index contributed by atoms with van der Waals surface area (Å²) in [6, 6.07) is 4.35. The van der Waals surface area contributed by atoms with Gasteiger partial charge in [0.1, 0.15) is 5.82 Å². The monoisotopic (exact) mass is 548 g/mol. The zero-order valence-electron chi connectivity index (χ0n) is 19.6. The number of benzene rings is 1. The second-order valence-electron chi connectivity index (χ2n) is 7.99. The topological polar surface area (TPSA) is 124 Å². The Morgan fingerprint density at radius 3 is 2.06 bits per heavy atom. The van der Waals surface area contributed by atoms with Crippen LogP contribution in [0.3, 0.4) is 0 Å². The van der Waals surface area contributed by atoms with Crippen molar-refractivity contribution in [3.63, 3.8) is 0 Å². The first kappa shape index (κ1) is 27.9. The first-order valence-electron chi connectivity index (χ1n) is 11.3. The molecule has 3 rings (SSSR count). The molecule has 0 radical (unpaired) electrons. The molecule has 1 aromatic rings. The Kier molecular flexibility index (Phi) is 10.1. The zero-order valence-corrected chi connectivity index (χ0v) is 21.2. The van der Waals surface area contributed by atoms with Crippen LogP contribution in [0.4, 0.5) is 14.0 Å². The fourth-order valence-corrected chi connectivity index (χ4v) is 5.77. The average Bonchev–Trinajstić information content (AvgIpc) is 3.40. The number of rotatable bonds is 11. The maximum atomic E-state index is 13.5. The van der Waals surface area contributed by atoms with Gasteiger partial charge in [-0.05, 0) is 56.2 Å². The third-order valence-electron chi connectivity index (χ3n) is 5.91. The standard InChI is InChI=1S/C23H26ClFO10S/c1-3-30-22(28)34-10-32-20(26)17-12(9-36-13-5-6-16(25)15(24)8-13)7-14-18(17)19(14)21(27)33-11-35-23(29)31-4-2/h5-6,8,12,14,17-19H,3-4,7,9-11H2,1-2H3/t12-,14+,17+,18+,19-/m0/s1. The van der Waals surface area contributed by atoms with Gasteiger partial charge in [-0.25, -0.2) is 14.0 Å². The molecule has 0 saturated heterocycles. The number of halogens is 2. The molecule has 10 nitrogen and oxygen atoms in total. The van der Waals surface area contributed by atoms with Gasteiger partial charge >= 0.3 is 24.2 Å². The van der Waals surface area contributed by atoms with Crippen LogP contribution in [-0.2, 0) is 38.0 Å². The number of hydrogen-bond donors (Lipinski definition) is 0. The molecule has 0 unspecified atom stereocenters. The fourth-order valence-electron chi connectivity index (χ4n) is 4.41. The Morgan fingerprint density at radius 2 is 1.50 bits per heavy atom. The summed E-state index contributed by atoms with van der Waals surface area (Å²) in [5, 5.41) is -0.00538. The third-order valence-corrected chi connectivity index (χ3v) is 7.38. The lowest BCUT2D eigenvalue weighted by molar-refractivity contribution is -0.161. The van der Waals surface area contributed by atoms with Gasteiger partial charge in [0, 0.05) is 10.6 Å². The Hall–Kier alpha value is -2.73. The van der Waals surface area contributed by atoms with E-state index in [0.29, 0.717) is 12.2 Å². The number of fused-ring (bicyclic) bond motifs is 1. The van der Waals surface area contributed by atoms with Crippen molar-refractivity contribution < 1.29 is 52.0 Å². The molecular weight excluding hydrogens is 523 g/mol. The fraction of sp³-hybridized carbons (Fsp3) is 0.565. The number of hydrogen-bond acceptors (Lipinski definition) is 11. The van der Waals surface area contributed by atoms with Crippen LogP contribution in [0.1, 0.15) is 20.3 Å². The molecule has 198 valence electrons. The molecule has 1 aromatic carbocycles. The predicted octanol–water partition coefficient (Wildman–Crippen LogP) is 4.42. The van der Waals surface area contributed by atoms with Crippen molar-refractivity contribution in [3.05, 3.63) is 29.0 Å². The van der Waals surface area contributed by atoms with Crippen molar-refractivity contribution in [1.82, 2.24) is 0 Å². The molecular formula is C23H26ClFO10S. The Bertz CT molecular complexity index is 976. The van der Waals surface area contributed by atoms with Crippen molar-refractivity contribution in [2.45, 2.75) is 25.2 Å². The zero-order chi connectivity index (χ0) is 26.2. The molecule has 2 saturated carbocycles. The van der Waals surface area contributed by atoms with Gasteiger partial charge in [-0.15, -0.1) is 11.8 Å². The maximum Gasteiger partial charge on any atom is 0.511 e. The predicted molar refractivity (Wildman–Crippen MR) is 122 cm³/mol. The molecule has 36 heavy (non-hydrogen) atoms. The average molecular weight is 549 g/mol. The largest absolute Gasteiger partial charge is 0.511 e. The molecule has 0 bridgehead atoms. The molecule has 0 spiro atoms. The highest BCUT2D eigenvalue weighted by Gasteiger charge is 2.67. The maximum absolute atomic E-state index is 13.5. The van der Waals surface area contributed by atoms with Gasteiger partial charge < -0.3 is 28.4 Å². The van der Waals surface area contributed by atoms with Crippen LogP contribution >= 0.6 is 23.4 Å². The van der Waals surface area contributed by atoms with Gasteiger partial charge in [-0.2, -0.15) is 0 Å². The van der Waals surface area contributed by atoms with Gasteiger partial charge in [0.15, 0.2) is 0 Å². The molecule has 13 heteroatoms. The summed E-state index contributed by atoms with van der Waals surface area (Å²) in [7, 11) is 0. The van der Waals surface area contributed by atoms with E-state index < -0.39 is 55.5 Å². The van der Waals surface area contributed by atoms with E-state index in [4.69, 9.17) is 25.8 Å². The van der Waals surface area contributed by atoms with Crippen molar-refractivity contribution in [3.8, 4) is 0 Å². The summed E-state index contributed by atoms with van der Waals surface area (Å²) in [5.41, 5.74) is 0. The molecule has 0 N–H and O–H groups in total. The second kappa shape index (κ2) is 13.0. The lowest BCUT2D eigenvalue weighted by Crippen LogP contribution is -2.30. The lowest BCUT2D eigenvalue weighted by Gasteiger charge is -2.22. The van der Waals surface area contributed by atoms with Crippen LogP contribution < -0.4 is 0 Å². The smallest absolute Gasteiger partial charge is 0.435 e. The van der Waals surface area contributed by atoms with Gasteiger partial charge in [0.2, 0.25) is 13.6 Å². The van der Waals surface area contributed by atoms with Crippen LogP contribution in [0.2, 0.25) is 5.02 Å². The highest BCUT2D eigenvalue weighted by Crippen LogP contribution is 2.64. The number of carbonyl (C=O) groups excluding carboxylic acids is 4. The summed E-state index contributed by atoms with van der Waals surface area (Å²) < 4.78 is 42.2. The summed E-state index contributed by atoms with van der Waals surface area (Å²) in [5.74, 6) is -3.08. The molecule has 2 fully saturated rings. The minimum absolute atomic E-state index is 0.00538. The normalized spacial score (nSPS) is 23.7. The van der Waals surface area contributed by atoms with Gasteiger partial charge in [0.25, 0.3) is 0 Å². The molecule has 0 heterocycles. The summed E-state index contributed by atoms with van der Waals surface area (Å²) in [6.45, 7) is 2.21. The van der Waals surface area contributed by atoms with E-state index in [1.54, 1.807) is 19.9 Å². The van der Waals surface area contributed by atoms with Crippen molar-refractivity contribution in [1.29, 1.82) is 0 Å². The van der Waals surface area contributed by atoms with Crippen molar-refractivity contribution in [2.75, 3.05) is 32.6 Å². The minimum Gasteiger partial charge on any atom is -0.435 e. The lowest BCUT2D eigenvalue weighted by atomic mass is 9.90. The Morgan fingerprint density at radius 1 is 0.917 bits per heavy atom. The SMILES string of the molecule is CCOC(=O)OCOC(=O)[C@@H]1[C@H](CSc2ccc(F)c(Cl)c2)C[C@H]2[C@H](C(=O)OCOC(=O)OCC)[C@H]21. The molecule has 2 aliphatic rings. The van der Waals surface area contributed by atoms with E-state index in [0.717, 1.165) is 4.90 Å². The van der Waals surface area contributed by atoms with E-state index in [2.05, 4.69) is 14.2 Å². The summed E-state index contributed by atoms with van der Waals surface area (Å²) in [6.07, 6.45) is -1.38. The van der Waals surface area contributed by atoms with E-state index >= 15 is 0 Å². The molecule has 0 amide bonds. The first-order chi connectivity index (χ1) is 17.3. The van der Waals surface area contributed by atoms with Gasteiger partial charge in [-0.3, -0.25) is 9.59 Å². The van der Waals surface area contributed by atoms with Crippen molar-refractivity contribution in [2.24, 2.45) is 29.6 Å². The first-order valence-corrected chi connectivity index (χ1v) is 12.6. The van der Waals surface area contributed by atoms with E-state index in [1.165, 1.54) is 23.9 Å². The number of carbonyl (C=O) groups is 4. The molecule has 2 aliphatic carbocycles. The Balaban J connectivity index is 1.59. The highest BCUT2D eigenvalue weighted by molar-refractivity contribution is 7.99. The van der Waals surface area contributed by atoms with Gasteiger partial charge in [0.05, 0.1) is 30.1 Å². The number of ether oxygens (including phenoxy) is 6. The second-order valence-corrected chi connectivity index (χ2v) is 9.49. The van der Waals surface area contributed by atoms with Crippen LogP contribution in [0, 0.1) is 35.4 Å². The quantitative estimate of drug-likeness (QED) is 0.169. The number of thioether (sulfide) groups is 1. The Labute approximate surface area is 216 Å². The number of esters is 2. The van der Waals surface area contributed by atoms with Crippen LogP contribution in [0.25, 0.3) is 0 Å². The van der Waals surface area contributed by atoms with E-state index in [-0.39, 0.29) is 36.0 Å². The van der Waals surface area contributed by atoms with Gasteiger partial charge in [-0.1, -0.05) is 11.6 Å². The van der Waals surface area contributed by atoms with Crippen LogP contribution in [0.15, 0.2) is 23.1 Å². The molecule has 0 aliphatic heterocycles. The molecule has 0 aromatic heterocycles. The summed E-state index contributed by atoms with van der Waals surface area (Å²) in [4.78, 5) is 48.7. The van der Waals surface area contributed by atoms with Crippen LogP contribution in [-0.4, -0.2) is 56.8 Å². The van der Waals surface area contributed by atoms with E-state index in [1.807, 2.05) is 0 Å². The van der Waals surface area contributed by atoms with Crippen LogP contribution in [0.5, 0.6) is 0 Å². The highest BCUT2D eigenvalue weighted by atomic mass is 35.5. The molecule has 5 atom stereocenters.